The molecule has 164 valence electrons. The minimum atomic E-state index is -1.66. The van der Waals surface area contributed by atoms with Gasteiger partial charge in [0.05, 0.1) is 19.1 Å². The van der Waals surface area contributed by atoms with Crippen molar-refractivity contribution in [3.63, 3.8) is 0 Å². The summed E-state index contributed by atoms with van der Waals surface area (Å²) in [5.74, 6) is -1.16. The average Bonchev–Trinajstić information content (AvgIpc) is 2.94. The number of hydrogen-bond acceptors (Lipinski definition) is 11. The number of esters is 1. The molecule has 0 saturated carbocycles. The number of hydrogen-bond donors (Lipinski definition) is 6. The molecule has 0 aromatic heterocycles. The first-order chi connectivity index (χ1) is 13.1. The lowest BCUT2D eigenvalue weighted by Gasteiger charge is -2.42. The van der Waals surface area contributed by atoms with E-state index in [0.29, 0.717) is 0 Å². The van der Waals surface area contributed by atoms with Crippen molar-refractivity contribution < 1.29 is 54.4 Å². The number of carbonyl (C=O) groups excluding carboxylic acids is 1. The highest BCUT2D eigenvalue weighted by molar-refractivity contribution is 5.72. The molecule has 28 heavy (non-hydrogen) atoms. The topological polar surface area (TPSA) is 175 Å². The fraction of sp³-hybridized carbons (Fsp3) is 0.941. The minimum absolute atomic E-state index is 0.0292. The maximum absolute atomic E-state index is 12.2. The van der Waals surface area contributed by atoms with Gasteiger partial charge in [-0.1, -0.05) is 20.8 Å². The Morgan fingerprint density at radius 2 is 1.39 bits per heavy atom. The highest BCUT2D eigenvalue weighted by atomic mass is 16.7. The van der Waals surface area contributed by atoms with Gasteiger partial charge in [0.25, 0.3) is 0 Å². The normalized spacial score (nSPS) is 42.6. The molecule has 2 heterocycles. The van der Waals surface area contributed by atoms with Crippen molar-refractivity contribution in [2.45, 2.75) is 76.1 Å². The predicted molar refractivity (Wildman–Crippen MR) is 90.5 cm³/mol. The summed E-state index contributed by atoms with van der Waals surface area (Å²) in [5.41, 5.74) is 0. The third-order valence-corrected chi connectivity index (χ3v) is 5.22. The molecule has 0 aliphatic carbocycles. The van der Waals surface area contributed by atoms with Crippen molar-refractivity contribution in [3.05, 3.63) is 0 Å². The molecule has 0 aromatic rings. The van der Waals surface area contributed by atoms with E-state index >= 15 is 0 Å². The van der Waals surface area contributed by atoms with Crippen LogP contribution in [0.2, 0.25) is 0 Å². The number of aliphatic hydroxyl groups is 6. The molecule has 0 bridgehead atoms. The third kappa shape index (κ3) is 4.81. The average molecular weight is 410 g/mol. The molecule has 0 amide bonds. The summed E-state index contributed by atoms with van der Waals surface area (Å²) in [4.78, 5) is 12.2. The summed E-state index contributed by atoms with van der Waals surface area (Å²) >= 11 is 0. The molecular formula is C17H30O11. The number of ether oxygens (including phenoxy) is 4. The quantitative estimate of drug-likeness (QED) is 0.237. The minimum Gasteiger partial charge on any atom is -0.433 e. The predicted octanol–water partition coefficient (Wildman–Crippen LogP) is -2.92. The smallest absolute Gasteiger partial charge is 0.311 e. The Hall–Kier alpha value is -0.890. The molecule has 11 nitrogen and oxygen atoms in total. The zero-order valence-electron chi connectivity index (χ0n) is 16.0. The summed E-state index contributed by atoms with van der Waals surface area (Å²) in [6.07, 6.45) is -13.0. The van der Waals surface area contributed by atoms with Crippen molar-refractivity contribution in [3.8, 4) is 0 Å². The molecule has 2 aliphatic rings. The molecule has 2 saturated heterocycles. The molecule has 11 heteroatoms. The first-order valence-electron chi connectivity index (χ1n) is 9.23. The van der Waals surface area contributed by atoms with E-state index in [4.69, 9.17) is 24.1 Å². The second-order valence-corrected chi connectivity index (χ2v) is 7.48. The van der Waals surface area contributed by atoms with Crippen LogP contribution in [0.4, 0.5) is 0 Å². The molecule has 0 radical (unpaired) electrons. The second kappa shape index (κ2) is 9.74. The lowest BCUT2D eigenvalue weighted by Crippen LogP contribution is -2.61. The number of aliphatic hydroxyl groups excluding tert-OH is 6. The lowest BCUT2D eigenvalue weighted by molar-refractivity contribution is -0.324. The first kappa shape index (κ1) is 23.4. The Labute approximate surface area is 162 Å². The Morgan fingerprint density at radius 1 is 0.857 bits per heavy atom. The van der Waals surface area contributed by atoms with Gasteiger partial charge in [0.2, 0.25) is 6.29 Å². The van der Waals surface area contributed by atoms with Gasteiger partial charge < -0.3 is 49.6 Å². The Balaban J connectivity index is 2.12. The molecule has 10 atom stereocenters. The van der Waals surface area contributed by atoms with Crippen molar-refractivity contribution in [2.75, 3.05) is 13.2 Å². The molecule has 0 unspecified atom stereocenters. The van der Waals surface area contributed by atoms with E-state index in [0.717, 1.165) is 0 Å². The van der Waals surface area contributed by atoms with E-state index in [9.17, 15) is 30.3 Å². The van der Waals surface area contributed by atoms with Gasteiger partial charge in [0.1, 0.15) is 42.7 Å². The summed E-state index contributed by atoms with van der Waals surface area (Å²) < 4.78 is 21.1. The van der Waals surface area contributed by atoms with Crippen LogP contribution in [-0.4, -0.2) is 105 Å². The van der Waals surface area contributed by atoms with Gasteiger partial charge in [-0.25, -0.2) is 0 Å². The van der Waals surface area contributed by atoms with E-state index < -0.39 is 80.4 Å². The Kier molecular flexibility index (Phi) is 8.14. The van der Waals surface area contributed by atoms with Crippen LogP contribution in [0.15, 0.2) is 0 Å². The Morgan fingerprint density at radius 3 is 1.89 bits per heavy atom. The van der Waals surface area contributed by atoms with Gasteiger partial charge in [-0.3, -0.25) is 4.79 Å². The summed E-state index contributed by atoms with van der Waals surface area (Å²) in [6.45, 7) is 4.05. The fourth-order valence-electron chi connectivity index (χ4n) is 2.94. The molecular weight excluding hydrogens is 380 g/mol. The van der Waals surface area contributed by atoms with Crippen LogP contribution >= 0.6 is 0 Å². The van der Waals surface area contributed by atoms with E-state index in [1.54, 1.807) is 6.92 Å². The summed E-state index contributed by atoms with van der Waals surface area (Å²) in [7, 11) is 0. The fourth-order valence-corrected chi connectivity index (χ4v) is 2.94. The van der Waals surface area contributed by atoms with Crippen LogP contribution in [0.1, 0.15) is 20.8 Å². The maximum atomic E-state index is 12.2. The maximum Gasteiger partial charge on any atom is 0.311 e. The summed E-state index contributed by atoms with van der Waals surface area (Å²) in [6, 6.07) is 0. The largest absolute Gasteiger partial charge is 0.433 e. The van der Waals surface area contributed by atoms with Gasteiger partial charge in [0, 0.05) is 0 Å². The molecule has 0 aromatic carbocycles. The molecule has 2 aliphatic heterocycles. The van der Waals surface area contributed by atoms with Crippen LogP contribution < -0.4 is 0 Å². The van der Waals surface area contributed by atoms with Crippen LogP contribution in [0.5, 0.6) is 0 Å². The van der Waals surface area contributed by atoms with Gasteiger partial charge in [-0.15, -0.1) is 0 Å². The van der Waals surface area contributed by atoms with Gasteiger partial charge in [0.15, 0.2) is 6.29 Å². The van der Waals surface area contributed by atoms with E-state index in [2.05, 4.69) is 0 Å². The third-order valence-electron chi connectivity index (χ3n) is 5.22. The molecule has 6 N–H and O–H groups in total. The Bertz CT molecular complexity index is 515. The SMILES string of the molecule is CC(C)[C@H](C)C(=O)O[C@H]1O[C@@H](CO)[C@@H](O)[C@@H](O[C@H]2O[C@@H](CO)[C@@H](O)[C@H]2O)[C@H]1O. The van der Waals surface area contributed by atoms with Gasteiger partial charge in [-0.2, -0.15) is 0 Å². The standard InChI is InChI=1S/C17H30O11/c1-6(2)7(3)15(24)28-17-13(23)14(11(21)9(5-19)26-17)27-16-12(22)10(20)8(4-18)25-16/h6-14,16-23H,4-5H2,1-3H3/t7-,8-,9-,10+,11+,12+,13+,14+,16+,17+/m0/s1. The lowest BCUT2D eigenvalue weighted by atomic mass is 9.97. The van der Waals surface area contributed by atoms with Crippen molar-refractivity contribution in [2.24, 2.45) is 11.8 Å². The van der Waals surface area contributed by atoms with E-state index in [1.165, 1.54) is 0 Å². The zero-order chi connectivity index (χ0) is 21.2. The molecule has 2 fully saturated rings. The summed E-state index contributed by atoms with van der Waals surface area (Å²) in [5, 5.41) is 59.2. The van der Waals surface area contributed by atoms with Crippen molar-refractivity contribution >= 4 is 5.97 Å². The van der Waals surface area contributed by atoms with E-state index in [1.807, 2.05) is 13.8 Å². The first-order valence-corrected chi connectivity index (χ1v) is 9.23. The number of carbonyl (C=O) groups is 1. The highest BCUT2D eigenvalue weighted by Gasteiger charge is 2.51. The highest BCUT2D eigenvalue weighted by Crippen LogP contribution is 2.30. The number of rotatable bonds is 7. The van der Waals surface area contributed by atoms with Gasteiger partial charge in [-0.05, 0) is 5.92 Å². The van der Waals surface area contributed by atoms with Crippen LogP contribution in [0, 0.1) is 11.8 Å². The van der Waals surface area contributed by atoms with Crippen LogP contribution in [0.25, 0.3) is 0 Å². The van der Waals surface area contributed by atoms with Gasteiger partial charge >= 0.3 is 5.97 Å². The molecule has 0 spiro atoms. The monoisotopic (exact) mass is 410 g/mol. The van der Waals surface area contributed by atoms with E-state index in [-0.39, 0.29) is 5.92 Å². The van der Waals surface area contributed by atoms with Crippen LogP contribution in [-0.2, 0) is 23.7 Å². The zero-order valence-corrected chi connectivity index (χ0v) is 16.0. The van der Waals surface area contributed by atoms with Crippen molar-refractivity contribution in [1.29, 1.82) is 0 Å². The second-order valence-electron chi connectivity index (χ2n) is 7.48. The molecule has 2 rings (SSSR count). The van der Waals surface area contributed by atoms with Crippen molar-refractivity contribution in [1.82, 2.24) is 0 Å². The van der Waals surface area contributed by atoms with Crippen LogP contribution in [0.3, 0.4) is 0 Å².